The number of thiol groups is 1. The van der Waals surface area contributed by atoms with Crippen molar-refractivity contribution >= 4 is 30.5 Å². The van der Waals surface area contributed by atoms with Crippen molar-refractivity contribution in [3.8, 4) is 0 Å². The van der Waals surface area contributed by atoms with Gasteiger partial charge in [0.25, 0.3) is 0 Å². The lowest BCUT2D eigenvalue weighted by molar-refractivity contribution is -0.140. The van der Waals surface area contributed by atoms with E-state index in [4.69, 9.17) is 10.8 Å². The van der Waals surface area contributed by atoms with Crippen molar-refractivity contribution in [2.24, 2.45) is 5.73 Å². The van der Waals surface area contributed by atoms with Gasteiger partial charge in [-0.2, -0.15) is 12.6 Å². The second-order valence-electron chi connectivity index (χ2n) is 2.36. The van der Waals surface area contributed by atoms with Crippen molar-refractivity contribution < 1.29 is 19.5 Å². The average molecular weight is 221 g/mol. The molecule has 0 aromatic carbocycles. The van der Waals surface area contributed by atoms with Crippen molar-refractivity contribution in [2.45, 2.75) is 6.04 Å². The van der Waals surface area contributed by atoms with Gasteiger partial charge < -0.3 is 21.5 Å². The van der Waals surface area contributed by atoms with Crippen LogP contribution in [0.15, 0.2) is 0 Å². The van der Waals surface area contributed by atoms with Gasteiger partial charge in [-0.15, -0.1) is 0 Å². The fourth-order valence-corrected chi connectivity index (χ4v) is 0.846. The molecule has 0 rings (SSSR count). The Morgan fingerprint density at radius 1 is 1.43 bits per heavy atom. The highest BCUT2D eigenvalue weighted by atomic mass is 32.1. The molecular formula is C6H11N3O4S. The fraction of sp³-hybridized carbons (Fsp3) is 0.500. The van der Waals surface area contributed by atoms with Gasteiger partial charge in [0.2, 0.25) is 5.91 Å². The van der Waals surface area contributed by atoms with Crippen LogP contribution in [-0.4, -0.2) is 41.4 Å². The number of rotatable bonds is 5. The largest absolute Gasteiger partial charge is 0.480 e. The zero-order valence-corrected chi connectivity index (χ0v) is 8.08. The van der Waals surface area contributed by atoms with Gasteiger partial charge in [-0.05, 0) is 0 Å². The van der Waals surface area contributed by atoms with Gasteiger partial charge >= 0.3 is 12.0 Å². The van der Waals surface area contributed by atoms with E-state index in [9.17, 15) is 14.4 Å². The van der Waals surface area contributed by atoms with Crippen LogP contribution in [0.1, 0.15) is 0 Å². The molecule has 0 radical (unpaired) electrons. The Balaban J connectivity index is 3.91. The molecular weight excluding hydrogens is 210 g/mol. The molecule has 8 heteroatoms. The van der Waals surface area contributed by atoms with Crippen LogP contribution >= 0.6 is 12.6 Å². The third-order valence-electron chi connectivity index (χ3n) is 1.24. The summed E-state index contributed by atoms with van der Waals surface area (Å²) in [6.07, 6.45) is 0. The van der Waals surface area contributed by atoms with Gasteiger partial charge in [0.1, 0.15) is 6.04 Å². The monoisotopic (exact) mass is 221 g/mol. The molecule has 80 valence electrons. The Kier molecular flexibility index (Phi) is 5.46. The minimum absolute atomic E-state index is 0.0301. The second kappa shape index (κ2) is 6.08. The lowest BCUT2D eigenvalue weighted by Crippen LogP contribution is -2.47. The summed E-state index contributed by atoms with van der Waals surface area (Å²) in [6.45, 7) is -0.354. The number of urea groups is 1. The average Bonchev–Trinajstić information content (AvgIpc) is 2.10. The van der Waals surface area contributed by atoms with Crippen LogP contribution in [0.2, 0.25) is 0 Å². The first-order valence-corrected chi connectivity index (χ1v) is 4.27. The van der Waals surface area contributed by atoms with Gasteiger partial charge in [0.05, 0.1) is 6.54 Å². The summed E-state index contributed by atoms with van der Waals surface area (Å²) in [7, 11) is 0. The number of carbonyl (C=O) groups is 3. The van der Waals surface area contributed by atoms with E-state index < -0.39 is 23.9 Å². The van der Waals surface area contributed by atoms with Gasteiger partial charge in [0, 0.05) is 5.75 Å². The Morgan fingerprint density at radius 2 is 2.00 bits per heavy atom. The third-order valence-corrected chi connectivity index (χ3v) is 1.60. The van der Waals surface area contributed by atoms with Gasteiger partial charge in [-0.1, -0.05) is 0 Å². The van der Waals surface area contributed by atoms with Crippen LogP contribution in [-0.2, 0) is 9.59 Å². The molecule has 0 aliphatic heterocycles. The van der Waals surface area contributed by atoms with Crippen LogP contribution < -0.4 is 16.4 Å². The van der Waals surface area contributed by atoms with Crippen LogP contribution in [0.4, 0.5) is 4.79 Å². The molecule has 0 spiro atoms. The number of nitrogens with one attached hydrogen (secondary N) is 2. The number of aliphatic carboxylic acids is 1. The SMILES string of the molecule is NC(=O)NCC(=O)N[C@@H](CS)C(=O)O. The van der Waals surface area contributed by atoms with Crippen LogP contribution in [0.25, 0.3) is 0 Å². The molecule has 0 bridgehead atoms. The normalized spacial score (nSPS) is 11.5. The minimum atomic E-state index is -1.19. The molecule has 0 aromatic rings. The summed E-state index contributed by atoms with van der Waals surface area (Å²) in [5, 5.41) is 12.7. The number of amides is 3. The van der Waals surface area contributed by atoms with Gasteiger partial charge in [-0.25, -0.2) is 9.59 Å². The minimum Gasteiger partial charge on any atom is -0.480 e. The molecule has 1 atom stereocenters. The van der Waals surface area contributed by atoms with E-state index in [0.29, 0.717) is 0 Å². The summed E-state index contributed by atoms with van der Waals surface area (Å²) in [4.78, 5) is 31.6. The summed E-state index contributed by atoms with van der Waals surface area (Å²) >= 11 is 3.73. The summed E-state index contributed by atoms with van der Waals surface area (Å²) in [6, 6.07) is -1.92. The molecule has 0 heterocycles. The molecule has 5 N–H and O–H groups in total. The first-order chi connectivity index (χ1) is 6.47. The van der Waals surface area contributed by atoms with Crippen molar-refractivity contribution in [1.82, 2.24) is 10.6 Å². The molecule has 7 nitrogen and oxygen atoms in total. The van der Waals surface area contributed by atoms with Crippen molar-refractivity contribution in [2.75, 3.05) is 12.3 Å². The highest BCUT2D eigenvalue weighted by Crippen LogP contribution is 1.87. The zero-order valence-electron chi connectivity index (χ0n) is 7.19. The van der Waals surface area contributed by atoms with Gasteiger partial charge in [-0.3, -0.25) is 4.79 Å². The first-order valence-electron chi connectivity index (χ1n) is 3.63. The van der Waals surface area contributed by atoms with Crippen molar-refractivity contribution in [3.63, 3.8) is 0 Å². The highest BCUT2D eigenvalue weighted by Gasteiger charge is 2.17. The molecule has 0 aliphatic carbocycles. The lowest BCUT2D eigenvalue weighted by atomic mass is 10.3. The third kappa shape index (κ3) is 5.25. The Bertz CT molecular complexity index is 245. The predicted octanol–water partition coefficient (Wildman–Crippen LogP) is -1.85. The molecule has 0 unspecified atom stereocenters. The number of hydrogen-bond donors (Lipinski definition) is 5. The maximum Gasteiger partial charge on any atom is 0.327 e. The number of nitrogens with two attached hydrogens (primary N) is 1. The van der Waals surface area contributed by atoms with E-state index >= 15 is 0 Å². The molecule has 0 aliphatic rings. The summed E-state index contributed by atoms with van der Waals surface area (Å²) in [5.74, 6) is -1.85. The smallest absolute Gasteiger partial charge is 0.327 e. The number of carboxylic acids is 1. The second-order valence-corrected chi connectivity index (χ2v) is 2.72. The Labute approximate surface area is 85.4 Å². The van der Waals surface area contributed by atoms with E-state index in [-0.39, 0.29) is 12.3 Å². The van der Waals surface area contributed by atoms with Crippen molar-refractivity contribution in [3.05, 3.63) is 0 Å². The molecule has 0 saturated heterocycles. The lowest BCUT2D eigenvalue weighted by Gasteiger charge is -2.11. The molecule has 0 fully saturated rings. The van der Waals surface area contributed by atoms with E-state index in [1.165, 1.54) is 0 Å². The molecule has 0 saturated carbocycles. The molecule has 0 aromatic heterocycles. The summed E-state index contributed by atoms with van der Waals surface area (Å²) in [5.41, 5.74) is 4.70. The quantitative estimate of drug-likeness (QED) is 0.350. The van der Waals surface area contributed by atoms with Crippen LogP contribution in [0.3, 0.4) is 0 Å². The van der Waals surface area contributed by atoms with Crippen LogP contribution in [0, 0.1) is 0 Å². The van der Waals surface area contributed by atoms with E-state index in [1.807, 2.05) is 5.32 Å². The maximum absolute atomic E-state index is 10.9. The van der Waals surface area contributed by atoms with Crippen molar-refractivity contribution in [1.29, 1.82) is 0 Å². The number of carbonyl (C=O) groups excluding carboxylic acids is 2. The maximum atomic E-state index is 10.9. The Morgan fingerprint density at radius 3 is 2.36 bits per heavy atom. The first kappa shape index (κ1) is 12.6. The molecule has 14 heavy (non-hydrogen) atoms. The van der Waals surface area contributed by atoms with E-state index in [2.05, 4.69) is 17.9 Å². The zero-order chi connectivity index (χ0) is 11.1. The number of hydrogen-bond acceptors (Lipinski definition) is 4. The molecule has 3 amide bonds. The standard InChI is InChI=1S/C6H11N3O4S/c7-6(13)8-1-4(10)9-3(2-14)5(11)12/h3,14H,1-2H2,(H,9,10)(H,11,12)(H3,7,8,13)/t3-/m0/s1. The fourth-order valence-electron chi connectivity index (χ4n) is 0.598. The highest BCUT2D eigenvalue weighted by molar-refractivity contribution is 7.80. The summed E-state index contributed by atoms with van der Waals surface area (Å²) < 4.78 is 0. The number of carboxylic acid groups (broad SMARTS) is 1. The topological polar surface area (TPSA) is 122 Å². The van der Waals surface area contributed by atoms with Crippen LogP contribution in [0.5, 0.6) is 0 Å². The van der Waals surface area contributed by atoms with E-state index in [1.54, 1.807) is 0 Å². The van der Waals surface area contributed by atoms with E-state index in [0.717, 1.165) is 0 Å². The number of primary amides is 1. The Hall–Kier alpha value is -1.44. The predicted molar refractivity (Wildman–Crippen MR) is 51.0 cm³/mol. The van der Waals surface area contributed by atoms with Gasteiger partial charge in [0.15, 0.2) is 0 Å².